The Hall–Kier alpha value is -1.91. The summed E-state index contributed by atoms with van der Waals surface area (Å²) < 4.78 is 18.8. The fraction of sp³-hybridized carbons (Fsp3) is 0.467. The number of alkyl carbamates (subject to hydrolysis) is 1. The number of halogens is 1. The molecule has 5 heteroatoms. The molecule has 2 rings (SSSR count). The van der Waals surface area contributed by atoms with E-state index in [0.29, 0.717) is 19.1 Å². The van der Waals surface area contributed by atoms with Gasteiger partial charge >= 0.3 is 6.09 Å². The summed E-state index contributed by atoms with van der Waals surface area (Å²) in [6.45, 7) is 0.209. The Bertz CT molecular complexity index is 455. The van der Waals surface area contributed by atoms with Crippen LogP contribution in [-0.4, -0.2) is 24.1 Å². The summed E-state index contributed by atoms with van der Waals surface area (Å²) in [5.74, 6) is 0. The normalized spacial score (nSPS) is 25.8. The van der Waals surface area contributed by atoms with Crippen molar-refractivity contribution in [1.82, 2.24) is 5.32 Å². The van der Waals surface area contributed by atoms with Crippen LogP contribution in [0.4, 0.5) is 9.18 Å². The number of nitrogens with one attached hydrogen (secondary N) is 1. The van der Waals surface area contributed by atoms with E-state index in [4.69, 9.17) is 4.74 Å². The van der Waals surface area contributed by atoms with Gasteiger partial charge in [0, 0.05) is 6.04 Å². The molecule has 0 spiro atoms. The van der Waals surface area contributed by atoms with Gasteiger partial charge in [-0.2, -0.15) is 0 Å². The highest BCUT2D eigenvalue weighted by Crippen LogP contribution is 2.30. The molecule has 0 bridgehead atoms. The van der Waals surface area contributed by atoms with Gasteiger partial charge in [0.2, 0.25) is 0 Å². The largest absolute Gasteiger partial charge is 0.445 e. The zero-order valence-corrected chi connectivity index (χ0v) is 11.2. The molecular weight excluding hydrogens is 261 g/mol. The van der Waals surface area contributed by atoms with Gasteiger partial charge in [-0.3, -0.25) is 4.79 Å². The number of carbonyl (C=O) groups excluding carboxylic acids is 2. The van der Waals surface area contributed by atoms with Crippen molar-refractivity contribution in [3.8, 4) is 0 Å². The first-order chi connectivity index (χ1) is 9.61. The van der Waals surface area contributed by atoms with Gasteiger partial charge in [-0.05, 0) is 31.2 Å². The predicted molar refractivity (Wildman–Crippen MR) is 71.9 cm³/mol. The molecule has 1 saturated carbocycles. The molecule has 0 aliphatic heterocycles. The summed E-state index contributed by atoms with van der Waals surface area (Å²) in [4.78, 5) is 22.2. The highest BCUT2D eigenvalue weighted by atomic mass is 19.1. The first-order valence-electron chi connectivity index (χ1n) is 6.74. The van der Waals surface area contributed by atoms with Crippen LogP contribution in [0.3, 0.4) is 0 Å². The smallest absolute Gasteiger partial charge is 0.407 e. The third kappa shape index (κ3) is 4.05. The zero-order chi connectivity index (χ0) is 14.4. The van der Waals surface area contributed by atoms with E-state index in [1.165, 1.54) is 0 Å². The summed E-state index contributed by atoms with van der Waals surface area (Å²) >= 11 is 0. The maximum absolute atomic E-state index is 13.7. The van der Waals surface area contributed by atoms with Crippen LogP contribution in [-0.2, 0) is 16.1 Å². The van der Waals surface area contributed by atoms with Gasteiger partial charge in [-0.25, -0.2) is 9.18 Å². The molecule has 4 nitrogen and oxygen atoms in total. The summed E-state index contributed by atoms with van der Waals surface area (Å²) in [5, 5.41) is 2.71. The molecule has 20 heavy (non-hydrogen) atoms. The van der Waals surface area contributed by atoms with Crippen LogP contribution in [0.2, 0.25) is 0 Å². The van der Waals surface area contributed by atoms with E-state index >= 15 is 0 Å². The minimum Gasteiger partial charge on any atom is -0.445 e. The quantitative estimate of drug-likeness (QED) is 0.862. The molecule has 0 saturated heterocycles. The Kier molecular flexibility index (Phi) is 4.71. The van der Waals surface area contributed by atoms with E-state index in [2.05, 4.69) is 5.32 Å². The first kappa shape index (κ1) is 14.5. The Morgan fingerprint density at radius 1 is 1.35 bits per heavy atom. The van der Waals surface area contributed by atoms with Gasteiger partial charge in [-0.1, -0.05) is 30.3 Å². The number of benzene rings is 1. The van der Waals surface area contributed by atoms with E-state index < -0.39 is 11.8 Å². The topological polar surface area (TPSA) is 55.4 Å². The standard InChI is InChI=1S/C15H18FNO3/c16-15(11-18)8-6-13(7-9-15)17-14(19)20-10-12-4-2-1-3-5-12/h1-5,11,13H,6-10H2,(H,17,19). The van der Waals surface area contributed by atoms with Crippen LogP contribution < -0.4 is 5.32 Å². The first-order valence-corrected chi connectivity index (χ1v) is 6.74. The second kappa shape index (κ2) is 6.50. The lowest BCUT2D eigenvalue weighted by atomic mass is 9.84. The number of hydrogen-bond donors (Lipinski definition) is 1. The zero-order valence-electron chi connectivity index (χ0n) is 11.2. The van der Waals surface area contributed by atoms with Gasteiger partial charge in [0.05, 0.1) is 0 Å². The van der Waals surface area contributed by atoms with Crippen LogP contribution in [0.15, 0.2) is 30.3 Å². The molecule has 0 aromatic heterocycles. The molecule has 1 aliphatic rings. The maximum Gasteiger partial charge on any atom is 0.407 e. The molecule has 0 unspecified atom stereocenters. The van der Waals surface area contributed by atoms with Crippen LogP contribution in [0, 0.1) is 0 Å². The summed E-state index contributed by atoms with van der Waals surface area (Å²) in [5.41, 5.74) is -0.804. The fourth-order valence-corrected chi connectivity index (χ4v) is 2.29. The van der Waals surface area contributed by atoms with Crippen molar-refractivity contribution in [2.75, 3.05) is 0 Å². The minimum absolute atomic E-state index is 0.123. The summed E-state index contributed by atoms with van der Waals surface area (Å²) in [6.07, 6.45) is 1.08. The van der Waals surface area contributed by atoms with Crippen LogP contribution in [0.25, 0.3) is 0 Å². The average Bonchev–Trinajstić information content (AvgIpc) is 2.49. The lowest BCUT2D eigenvalue weighted by molar-refractivity contribution is -0.119. The van der Waals surface area contributed by atoms with E-state index in [9.17, 15) is 14.0 Å². The Morgan fingerprint density at radius 2 is 2.00 bits per heavy atom. The predicted octanol–water partition coefficient (Wildman–Crippen LogP) is 2.76. The number of aldehydes is 1. The number of amides is 1. The van der Waals surface area contributed by atoms with Crippen molar-refractivity contribution in [2.24, 2.45) is 0 Å². The van der Waals surface area contributed by atoms with E-state index in [1.54, 1.807) is 0 Å². The maximum atomic E-state index is 13.7. The molecule has 1 amide bonds. The average molecular weight is 279 g/mol. The molecule has 1 aromatic rings. The summed E-state index contributed by atoms with van der Waals surface area (Å²) in [7, 11) is 0. The Morgan fingerprint density at radius 3 is 2.60 bits per heavy atom. The highest BCUT2D eigenvalue weighted by molar-refractivity contribution is 5.68. The van der Waals surface area contributed by atoms with Crippen molar-refractivity contribution in [3.05, 3.63) is 35.9 Å². The van der Waals surface area contributed by atoms with Crippen molar-refractivity contribution < 1.29 is 18.7 Å². The van der Waals surface area contributed by atoms with Crippen LogP contribution in [0.1, 0.15) is 31.2 Å². The van der Waals surface area contributed by atoms with Gasteiger partial charge in [-0.15, -0.1) is 0 Å². The third-order valence-electron chi connectivity index (χ3n) is 3.56. The van der Waals surface area contributed by atoms with Crippen molar-refractivity contribution >= 4 is 12.4 Å². The van der Waals surface area contributed by atoms with Gasteiger partial charge in [0.1, 0.15) is 6.61 Å². The molecular formula is C15H18FNO3. The van der Waals surface area contributed by atoms with Crippen molar-refractivity contribution in [3.63, 3.8) is 0 Å². The van der Waals surface area contributed by atoms with Crippen LogP contribution in [0.5, 0.6) is 0 Å². The Labute approximate surface area is 117 Å². The molecule has 0 heterocycles. The van der Waals surface area contributed by atoms with Crippen molar-refractivity contribution in [1.29, 1.82) is 0 Å². The van der Waals surface area contributed by atoms with Crippen LogP contribution >= 0.6 is 0 Å². The molecule has 1 aromatic carbocycles. The van der Waals surface area contributed by atoms with Crippen molar-refractivity contribution in [2.45, 2.75) is 44.0 Å². The van der Waals surface area contributed by atoms with Gasteiger partial charge in [0.25, 0.3) is 0 Å². The van der Waals surface area contributed by atoms with Gasteiger partial charge in [0.15, 0.2) is 12.0 Å². The minimum atomic E-state index is -1.72. The Balaban J connectivity index is 1.72. The molecule has 1 N–H and O–H groups in total. The van der Waals surface area contributed by atoms with E-state index in [1.807, 2.05) is 30.3 Å². The fourth-order valence-electron chi connectivity index (χ4n) is 2.29. The number of alkyl halides is 1. The molecule has 0 atom stereocenters. The second-order valence-electron chi connectivity index (χ2n) is 5.13. The second-order valence-corrected chi connectivity index (χ2v) is 5.13. The molecule has 1 aliphatic carbocycles. The monoisotopic (exact) mass is 279 g/mol. The lowest BCUT2D eigenvalue weighted by Crippen LogP contribution is -2.42. The van der Waals surface area contributed by atoms with E-state index in [0.717, 1.165) is 5.56 Å². The number of ether oxygens (including phenoxy) is 1. The number of carbonyl (C=O) groups is 2. The molecule has 108 valence electrons. The van der Waals surface area contributed by atoms with Gasteiger partial charge < -0.3 is 10.1 Å². The third-order valence-corrected chi connectivity index (χ3v) is 3.56. The highest BCUT2D eigenvalue weighted by Gasteiger charge is 2.35. The number of hydrogen-bond acceptors (Lipinski definition) is 3. The number of rotatable bonds is 4. The molecule has 1 fully saturated rings. The molecule has 0 radical (unpaired) electrons. The lowest BCUT2D eigenvalue weighted by Gasteiger charge is -2.30. The SMILES string of the molecule is O=CC1(F)CCC(NC(=O)OCc2ccccc2)CC1. The summed E-state index contributed by atoms with van der Waals surface area (Å²) in [6, 6.07) is 9.25. The van der Waals surface area contributed by atoms with E-state index in [-0.39, 0.29) is 25.5 Å².